The van der Waals surface area contributed by atoms with E-state index in [1.165, 1.54) is 22.5 Å². The lowest BCUT2D eigenvalue weighted by atomic mass is 9.73. The van der Waals surface area contributed by atoms with Crippen LogP contribution in [0.5, 0.6) is 0 Å². The molecule has 5 rings (SSSR count). The Kier molecular flexibility index (Phi) is 4.42. The Morgan fingerprint density at radius 2 is 1.88 bits per heavy atom. The average Bonchev–Trinajstić information content (AvgIpc) is 3.04. The molecule has 0 N–H and O–H groups in total. The predicted octanol–water partition coefficient (Wildman–Crippen LogP) is 4.16. The molecule has 138 valence electrons. The third-order valence-corrected chi connectivity index (χ3v) is 8.67. The molecule has 0 spiro atoms. The van der Waals surface area contributed by atoms with Crippen molar-refractivity contribution in [2.45, 2.75) is 35.6 Å². The van der Waals surface area contributed by atoms with Crippen LogP contribution in [0, 0.1) is 17.6 Å². The summed E-state index contributed by atoms with van der Waals surface area (Å²) >= 11 is 6.83. The fraction of sp³-hybridized carbons (Fsp3) is 0.353. The molecule has 0 amide bonds. The highest BCUT2D eigenvalue weighted by molar-refractivity contribution is 7.91. The zero-order chi connectivity index (χ0) is 18.6. The van der Waals surface area contributed by atoms with Gasteiger partial charge in [0.05, 0.1) is 10.4 Å². The highest BCUT2D eigenvalue weighted by Gasteiger charge is 2.52. The number of nitrogens with zero attached hydrogens (tertiary/aromatic N) is 1. The lowest BCUT2D eigenvalue weighted by Crippen LogP contribution is -2.56. The van der Waals surface area contributed by atoms with Gasteiger partial charge in [-0.1, -0.05) is 17.7 Å². The van der Waals surface area contributed by atoms with Gasteiger partial charge in [-0.2, -0.15) is 4.31 Å². The van der Waals surface area contributed by atoms with Crippen LogP contribution in [0.2, 0.25) is 4.34 Å². The Bertz CT molecular complexity index is 992. The van der Waals surface area contributed by atoms with Crippen LogP contribution < -0.4 is 0 Å². The SMILES string of the molecule is O=C1C[C@@H]2CC[C@H]1[C@@H](c1ccc(F)c(F)c1)N2S(=O)(=O)c1ccc(Cl)s1. The van der Waals surface area contributed by atoms with E-state index in [4.69, 9.17) is 11.6 Å². The van der Waals surface area contributed by atoms with Gasteiger partial charge in [-0.25, -0.2) is 17.2 Å². The van der Waals surface area contributed by atoms with Crippen molar-refractivity contribution in [1.29, 1.82) is 0 Å². The van der Waals surface area contributed by atoms with E-state index in [0.29, 0.717) is 17.2 Å². The predicted molar refractivity (Wildman–Crippen MR) is 93.6 cm³/mol. The lowest BCUT2D eigenvalue weighted by molar-refractivity contribution is -0.133. The number of piperidine rings is 2. The third kappa shape index (κ3) is 2.79. The molecule has 3 aliphatic rings. The van der Waals surface area contributed by atoms with Gasteiger partial charge in [-0.3, -0.25) is 4.79 Å². The van der Waals surface area contributed by atoms with E-state index in [1.807, 2.05) is 0 Å². The van der Waals surface area contributed by atoms with Gasteiger partial charge in [0.25, 0.3) is 10.0 Å². The van der Waals surface area contributed by atoms with Crippen molar-refractivity contribution in [2.24, 2.45) is 5.92 Å². The van der Waals surface area contributed by atoms with Crippen LogP contribution in [0.3, 0.4) is 0 Å². The van der Waals surface area contributed by atoms with Crippen LogP contribution in [0.4, 0.5) is 8.78 Å². The molecule has 1 aromatic heterocycles. The maximum atomic E-state index is 13.8. The summed E-state index contributed by atoms with van der Waals surface area (Å²) in [6, 6.07) is 4.89. The van der Waals surface area contributed by atoms with E-state index in [9.17, 15) is 22.0 Å². The summed E-state index contributed by atoms with van der Waals surface area (Å²) in [5, 5.41) is 0. The number of hydrogen-bond acceptors (Lipinski definition) is 4. The Labute approximate surface area is 158 Å². The number of sulfonamides is 1. The molecule has 3 heterocycles. The number of Topliss-reactive ketones (excluding diaryl/α,β-unsaturated/α-hetero) is 1. The largest absolute Gasteiger partial charge is 0.299 e. The second-order valence-electron chi connectivity index (χ2n) is 6.52. The lowest BCUT2D eigenvalue weighted by Gasteiger charge is -2.49. The van der Waals surface area contributed by atoms with Crippen LogP contribution in [-0.2, 0) is 14.8 Å². The first-order chi connectivity index (χ1) is 12.3. The maximum Gasteiger partial charge on any atom is 0.253 e. The molecule has 1 saturated carbocycles. The molecule has 3 atom stereocenters. The summed E-state index contributed by atoms with van der Waals surface area (Å²) in [7, 11) is -3.92. The van der Waals surface area contributed by atoms with Crippen LogP contribution in [0.1, 0.15) is 30.9 Å². The minimum Gasteiger partial charge on any atom is -0.299 e. The Morgan fingerprint density at radius 1 is 1.12 bits per heavy atom. The number of thiophene rings is 1. The Balaban J connectivity index is 1.85. The number of carbonyl (C=O) groups excluding carboxylic acids is 1. The van der Waals surface area contributed by atoms with Gasteiger partial charge >= 0.3 is 0 Å². The third-order valence-electron chi connectivity index (χ3n) is 5.04. The van der Waals surface area contributed by atoms with E-state index in [2.05, 4.69) is 0 Å². The minimum absolute atomic E-state index is 0.0355. The van der Waals surface area contributed by atoms with E-state index in [0.717, 1.165) is 23.5 Å². The zero-order valence-corrected chi connectivity index (χ0v) is 15.8. The number of halogens is 3. The van der Waals surface area contributed by atoms with Crippen molar-refractivity contribution in [3.05, 3.63) is 51.9 Å². The number of benzene rings is 1. The molecule has 2 saturated heterocycles. The number of carbonyl (C=O) groups is 1. The monoisotopic (exact) mass is 417 g/mol. The molecular weight excluding hydrogens is 404 g/mol. The fourth-order valence-electron chi connectivity index (χ4n) is 3.94. The zero-order valence-electron chi connectivity index (χ0n) is 13.4. The van der Waals surface area contributed by atoms with E-state index in [1.54, 1.807) is 0 Å². The maximum absolute atomic E-state index is 13.8. The van der Waals surface area contributed by atoms with Gasteiger partial charge in [0.2, 0.25) is 0 Å². The molecule has 4 nitrogen and oxygen atoms in total. The van der Waals surface area contributed by atoms with Crippen molar-refractivity contribution < 1.29 is 22.0 Å². The van der Waals surface area contributed by atoms with Crippen LogP contribution in [0.25, 0.3) is 0 Å². The van der Waals surface area contributed by atoms with E-state index >= 15 is 0 Å². The quantitative estimate of drug-likeness (QED) is 0.753. The van der Waals surface area contributed by atoms with E-state index in [-0.39, 0.29) is 22.0 Å². The molecule has 1 aliphatic carbocycles. The smallest absolute Gasteiger partial charge is 0.253 e. The molecule has 9 heteroatoms. The first kappa shape index (κ1) is 18.0. The van der Waals surface area contributed by atoms with Gasteiger partial charge in [-0.05, 0) is 42.7 Å². The van der Waals surface area contributed by atoms with Crippen LogP contribution >= 0.6 is 22.9 Å². The molecule has 2 bridgehead atoms. The number of fused-ring (bicyclic) bond motifs is 3. The standard InChI is InChI=1S/C17H14ClF2NO3S2/c18-15-5-6-16(25-15)26(23,24)21-10-2-3-11(14(22)8-10)17(21)9-1-4-12(19)13(20)7-9/h1,4-7,10-11,17H,2-3,8H2/t10-,11+,17+/m0/s1. The topological polar surface area (TPSA) is 54.5 Å². The summed E-state index contributed by atoms with van der Waals surface area (Å²) in [4.78, 5) is 12.4. The first-order valence-electron chi connectivity index (χ1n) is 8.05. The van der Waals surface area contributed by atoms with Crippen molar-refractivity contribution >= 4 is 38.7 Å². The summed E-state index contributed by atoms with van der Waals surface area (Å²) in [5.41, 5.74) is 0.290. The van der Waals surface area contributed by atoms with Crippen LogP contribution in [0.15, 0.2) is 34.5 Å². The van der Waals surface area contributed by atoms with Gasteiger partial charge in [0.1, 0.15) is 9.99 Å². The van der Waals surface area contributed by atoms with Crippen molar-refractivity contribution in [3.63, 3.8) is 0 Å². The fourth-order valence-corrected chi connectivity index (χ4v) is 7.39. The molecule has 0 radical (unpaired) electrons. The number of rotatable bonds is 3. The first-order valence-corrected chi connectivity index (χ1v) is 10.7. The van der Waals surface area contributed by atoms with Gasteiger partial charge in [-0.15, -0.1) is 11.3 Å². The van der Waals surface area contributed by atoms with Crippen LogP contribution in [-0.4, -0.2) is 24.5 Å². The van der Waals surface area contributed by atoms with Gasteiger partial charge in [0.15, 0.2) is 11.6 Å². The normalized spacial score (nSPS) is 26.4. The van der Waals surface area contributed by atoms with Gasteiger partial charge in [0, 0.05) is 18.4 Å². The highest BCUT2D eigenvalue weighted by atomic mass is 35.5. The minimum atomic E-state index is -3.92. The van der Waals surface area contributed by atoms with Crippen molar-refractivity contribution in [1.82, 2.24) is 4.31 Å². The van der Waals surface area contributed by atoms with Gasteiger partial charge < -0.3 is 0 Å². The molecule has 1 aromatic carbocycles. The Morgan fingerprint density at radius 3 is 2.50 bits per heavy atom. The molecule has 26 heavy (non-hydrogen) atoms. The summed E-state index contributed by atoms with van der Waals surface area (Å²) in [6.45, 7) is 0. The molecule has 0 unspecified atom stereocenters. The molecule has 3 fully saturated rings. The second kappa shape index (κ2) is 6.37. The summed E-state index contributed by atoms with van der Waals surface area (Å²) in [5.74, 6) is -2.67. The number of ketones is 1. The number of hydrogen-bond donors (Lipinski definition) is 0. The second-order valence-corrected chi connectivity index (χ2v) is 10.3. The molecule has 2 aliphatic heterocycles. The highest BCUT2D eigenvalue weighted by Crippen LogP contribution is 2.49. The molecule has 2 aromatic rings. The summed E-state index contributed by atoms with van der Waals surface area (Å²) < 4.78 is 55.3. The van der Waals surface area contributed by atoms with Crippen molar-refractivity contribution in [3.8, 4) is 0 Å². The molecular formula is C17H14ClF2NO3S2. The van der Waals surface area contributed by atoms with E-state index < -0.39 is 39.7 Å². The van der Waals surface area contributed by atoms with Crippen molar-refractivity contribution in [2.75, 3.05) is 0 Å². The Hall–Kier alpha value is -1.35. The average molecular weight is 418 g/mol. The summed E-state index contributed by atoms with van der Waals surface area (Å²) in [6.07, 6.45) is 1.24.